The van der Waals surface area contributed by atoms with E-state index in [2.05, 4.69) is 20.8 Å². The van der Waals surface area contributed by atoms with Gasteiger partial charge in [0.2, 0.25) is 0 Å². The minimum Gasteiger partial charge on any atom is -0.204 e. The average Bonchev–Trinajstić information content (AvgIpc) is 2.34. The van der Waals surface area contributed by atoms with Crippen LogP contribution in [-0.4, -0.2) is 0 Å². The van der Waals surface area contributed by atoms with Crippen molar-refractivity contribution in [2.75, 3.05) is 0 Å². The van der Waals surface area contributed by atoms with Crippen molar-refractivity contribution in [2.45, 2.75) is 67.7 Å². The molecule has 0 saturated carbocycles. The predicted molar refractivity (Wildman–Crippen MR) is 83.9 cm³/mol. The van der Waals surface area contributed by atoms with Crippen molar-refractivity contribution >= 4 is 0 Å². The molecule has 0 aromatic heterocycles. The first-order chi connectivity index (χ1) is 9.43. The van der Waals surface area contributed by atoms with Gasteiger partial charge in [0, 0.05) is 0 Å². The maximum Gasteiger partial charge on any atom is 0.194 e. The number of benzene rings is 1. The van der Waals surface area contributed by atoms with Crippen molar-refractivity contribution in [2.24, 2.45) is 10.8 Å². The molecule has 1 aromatic rings. The number of rotatable bonds is 2. The van der Waals surface area contributed by atoms with Gasteiger partial charge in [-0.1, -0.05) is 61.5 Å². The Balaban J connectivity index is 0.00000191. The fraction of sp³-hybridized carbons (Fsp3) is 0.667. The molecule has 0 aliphatic rings. The quantitative estimate of drug-likeness (QED) is 0.533. The molecule has 1 aromatic carbocycles. The van der Waals surface area contributed by atoms with Gasteiger partial charge in [-0.15, -0.1) is 0 Å². The fourth-order valence-electron chi connectivity index (χ4n) is 2.30. The Hall–Kier alpha value is -0.990. The molecule has 0 bridgehead atoms. The first kappa shape index (κ1) is 20.0. The third kappa shape index (κ3) is 5.72. The lowest BCUT2D eigenvalue weighted by atomic mass is 9.69. The van der Waals surface area contributed by atoms with E-state index in [0.717, 1.165) is 6.07 Å². The molecule has 1 unspecified atom stereocenters. The molecule has 0 nitrogen and oxygen atoms in total. The highest BCUT2D eigenvalue weighted by Gasteiger charge is 2.33. The van der Waals surface area contributed by atoms with E-state index in [4.69, 9.17) is 0 Å². The van der Waals surface area contributed by atoms with Crippen LogP contribution in [-0.2, 0) is 0 Å². The lowest BCUT2D eigenvalue weighted by Crippen LogP contribution is -2.25. The molecular formula is C18H29F3. The van der Waals surface area contributed by atoms with Crippen molar-refractivity contribution in [1.29, 1.82) is 0 Å². The third-order valence-corrected chi connectivity index (χ3v) is 3.30. The molecule has 21 heavy (non-hydrogen) atoms. The summed E-state index contributed by atoms with van der Waals surface area (Å²) in [5.41, 5.74) is 0.0227. The zero-order valence-corrected chi connectivity index (χ0v) is 14.6. The Morgan fingerprint density at radius 2 is 1.33 bits per heavy atom. The van der Waals surface area contributed by atoms with Gasteiger partial charge < -0.3 is 0 Å². The van der Waals surface area contributed by atoms with Crippen LogP contribution < -0.4 is 0 Å². The summed E-state index contributed by atoms with van der Waals surface area (Å²) in [6, 6.07) is 2.38. The second-order valence-electron chi connectivity index (χ2n) is 7.45. The summed E-state index contributed by atoms with van der Waals surface area (Å²) in [7, 11) is 0. The van der Waals surface area contributed by atoms with E-state index in [0.29, 0.717) is 6.42 Å². The molecule has 0 radical (unpaired) electrons. The van der Waals surface area contributed by atoms with E-state index in [9.17, 15) is 13.2 Å². The monoisotopic (exact) mass is 302 g/mol. The molecule has 1 atom stereocenters. The van der Waals surface area contributed by atoms with Crippen LogP contribution in [0.1, 0.15) is 73.3 Å². The van der Waals surface area contributed by atoms with Crippen LogP contribution in [0.4, 0.5) is 13.2 Å². The Kier molecular flexibility index (Phi) is 6.98. The Bertz CT molecular complexity index is 451. The van der Waals surface area contributed by atoms with Crippen LogP contribution >= 0.6 is 0 Å². The second-order valence-corrected chi connectivity index (χ2v) is 7.45. The molecule has 3 heteroatoms. The van der Waals surface area contributed by atoms with E-state index in [1.807, 2.05) is 34.6 Å². The van der Waals surface area contributed by atoms with Crippen LogP contribution in [0.15, 0.2) is 12.1 Å². The van der Waals surface area contributed by atoms with Crippen LogP contribution in [0.2, 0.25) is 0 Å². The summed E-state index contributed by atoms with van der Waals surface area (Å²) < 4.78 is 40.5. The van der Waals surface area contributed by atoms with Crippen LogP contribution in [0, 0.1) is 28.3 Å². The van der Waals surface area contributed by atoms with Crippen LogP contribution in [0.25, 0.3) is 0 Å². The van der Waals surface area contributed by atoms with Crippen molar-refractivity contribution in [3.63, 3.8) is 0 Å². The van der Waals surface area contributed by atoms with E-state index in [-0.39, 0.29) is 22.3 Å². The van der Waals surface area contributed by atoms with E-state index in [1.54, 1.807) is 0 Å². The zero-order chi connectivity index (χ0) is 17.0. The highest BCUT2D eigenvalue weighted by atomic mass is 19.2. The SMILES string of the molecule is CC.CC(C)(C)CC(c1ccc(F)c(F)c1F)C(C)(C)C. The molecule has 122 valence electrons. The number of hydrogen-bond donors (Lipinski definition) is 0. The lowest BCUT2D eigenvalue weighted by molar-refractivity contribution is 0.223. The van der Waals surface area contributed by atoms with E-state index in [1.165, 1.54) is 6.07 Å². The van der Waals surface area contributed by atoms with Crippen molar-refractivity contribution in [1.82, 2.24) is 0 Å². The van der Waals surface area contributed by atoms with Gasteiger partial charge in [0.1, 0.15) is 0 Å². The van der Waals surface area contributed by atoms with Crippen molar-refractivity contribution < 1.29 is 13.2 Å². The minimum absolute atomic E-state index is 0.0186. The topological polar surface area (TPSA) is 0 Å². The highest BCUT2D eigenvalue weighted by molar-refractivity contribution is 5.26. The highest BCUT2D eigenvalue weighted by Crippen LogP contribution is 2.44. The molecule has 0 amide bonds. The van der Waals surface area contributed by atoms with Gasteiger partial charge in [-0.2, -0.15) is 0 Å². The van der Waals surface area contributed by atoms with Gasteiger partial charge in [-0.3, -0.25) is 0 Å². The summed E-state index contributed by atoms with van der Waals surface area (Å²) in [4.78, 5) is 0. The van der Waals surface area contributed by atoms with Crippen LogP contribution in [0.3, 0.4) is 0 Å². The van der Waals surface area contributed by atoms with E-state index < -0.39 is 17.5 Å². The van der Waals surface area contributed by atoms with Crippen molar-refractivity contribution in [3.8, 4) is 0 Å². The molecule has 0 heterocycles. The molecule has 0 fully saturated rings. The largest absolute Gasteiger partial charge is 0.204 e. The Morgan fingerprint density at radius 1 is 0.857 bits per heavy atom. The first-order valence-corrected chi connectivity index (χ1v) is 7.57. The Labute approximate surface area is 127 Å². The number of halogens is 3. The minimum atomic E-state index is -1.37. The van der Waals surface area contributed by atoms with Gasteiger partial charge in [0.25, 0.3) is 0 Å². The summed E-state index contributed by atoms with van der Waals surface area (Å²) in [5, 5.41) is 0. The smallest absolute Gasteiger partial charge is 0.194 e. The lowest BCUT2D eigenvalue weighted by Gasteiger charge is -2.36. The van der Waals surface area contributed by atoms with Gasteiger partial charge in [-0.25, -0.2) is 13.2 Å². The molecule has 0 N–H and O–H groups in total. The summed E-state index contributed by atoms with van der Waals surface area (Å²) >= 11 is 0. The van der Waals surface area contributed by atoms with Gasteiger partial charge >= 0.3 is 0 Å². The normalized spacial score (nSPS) is 13.5. The molecular weight excluding hydrogens is 273 g/mol. The van der Waals surface area contributed by atoms with Crippen LogP contribution in [0.5, 0.6) is 0 Å². The van der Waals surface area contributed by atoms with E-state index >= 15 is 0 Å². The van der Waals surface area contributed by atoms with Gasteiger partial charge in [-0.05, 0) is 34.8 Å². The Morgan fingerprint density at radius 3 is 1.71 bits per heavy atom. The molecule has 0 aliphatic carbocycles. The first-order valence-electron chi connectivity index (χ1n) is 7.57. The van der Waals surface area contributed by atoms with Gasteiger partial charge in [0.15, 0.2) is 17.5 Å². The summed E-state index contributed by atoms with van der Waals surface area (Å²) in [5.74, 6) is -3.72. The fourth-order valence-corrected chi connectivity index (χ4v) is 2.30. The molecule has 1 rings (SSSR count). The second kappa shape index (κ2) is 7.33. The summed E-state index contributed by atoms with van der Waals surface area (Å²) in [6.07, 6.45) is 0.707. The van der Waals surface area contributed by atoms with Gasteiger partial charge in [0.05, 0.1) is 0 Å². The zero-order valence-electron chi connectivity index (χ0n) is 14.6. The predicted octanol–water partition coefficient (Wildman–Crippen LogP) is 6.70. The van der Waals surface area contributed by atoms with Crippen molar-refractivity contribution in [3.05, 3.63) is 35.1 Å². The standard InChI is InChI=1S/C16H23F3.C2H6/c1-15(2,3)9-11(16(4,5)6)10-7-8-12(17)14(19)13(10)18;1-2/h7-8,11H,9H2,1-6H3;1-2H3. The third-order valence-electron chi connectivity index (χ3n) is 3.30. The average molecular weight is 302 g/mol. The summed E-state index contributed by atoms with van der Waals surface area (Å²) in [6.45, 7) is 16.1. The molecule has 0 aliphatic heterocycles. The maximum atomic E-state index is 14.0. The maximum absolute atomic E-state index is 14.0. The molecule has 0 spiro atoms. The number of hydrogen-bond acceptors (Lipinski definition) is 0. The molecule has 0 saturated heterocycles.